The van der Waals surface area contributed by atoms with Crippen LogP contribution < -0.4 is 10.1 Å². The molecule has 0 radical (unpaired) electrons. The number of anilines is 1. The molecule has 1 amide bonds. The highest BCUT2D eigenvalue weighted by Gasteiger charge is 2.15. The second-order valence-corrected chi connectivity index (χ2v) is 5.22. The van der Waals surface area contributed by atoms with Gasteiger partial charge in [-0.3, -0.25) is 19.8 Å². The first-order valence-corrected chi connectivity index (χ1v) is 7.46. The van der Waals surface area contributed by atoms with Crippen LogP contribution in [0.2, 0.25) is 0 Å². The Morgan fingerprint density at radius 2 is 1.83 bits per heavy atom. The largest absolute Gasteiger partial charge is 0.492 e. The molecule has 2 aromatic carbocycles. The van der Waals surface area contributed by atoms with Gasteiger partial charge in [0.05, 0.1) is 11.5 Å². The molecular formula is C17H19N3O4. The molecule has 0 aliphatic heterocycles. The number of nitro groups is 1. The Bertz CT molecular complexity index is 691. The van der Waals surface area contributed by atoms with E-state index in [2.05, 4.69) is 5.32 Å². The molecule has 7 nitrogen and oxygen atoms in total. The van der Waals surface area contributed by atoms with Crippen LogP contribution in [-0.4, -0.2) is 42.5 Å². The van der Waals surface area contributed by atoms with E-state index in [1.54, 1.807) is 24.1 Å². The Morgan fingerprint density at radius 3 is 2.54 bits per heavy atom. The van der Waals surface area contributed by atoms with Crippen LogP contribution in [0.5, 0.6) is 5.75 Å². The Labute approximate surface area is 140 Å². The molecule has 0 heterocycles. The van der Waals surface area contributed by atoms with Crippen molar-refractivity contribution < 1.29 is 14.5 Å². The summed E-state index contributed by atoms with van der Waals surface area (Å²) in [5, 5.41) is 13.5. The van der Waals surface area contributed by atoms with Crippen molar-refractivity contribution in [1.82, 2.24) is 4.90 Å². The van der Waals surface area contributed by atoms with E-state index in [4.69, 9.17) is 4.74 Å². The zero-order chi connectivity index (χ0) is 17.4. The monoisotopic (exact) mass is 329 g/mol. The number of nitrogens with one attached hydrogen (secondary N) is 1. The zero-order valence-corrected chi connectivity index (χ0v) is 13.3. The zero-order valence-electron chi connectivity index (χ0n) is 13.3. The van der Waals surface area contributed by atoms with E-state index in [-0.39, 0.29) is 23.8 Å². The Balaban J connectivity index is 1.78. The molecule has 126 valence electrons. The van der Waals surface area contributed by atoms with Crippen LogP contribution in [0.15, 0.2) is 54.6 Å². The summed E-state index contributed by atoms with van der Waals surface area (Å²) >= 11 is 0. The van der Waals surface area contributed by atoms with E-state index < -0.39 is 4.92 Å². The third-order valence-corrected chi connectivity index (χ3v) is 3.27. The molecule has 0 spiro atoms. The summed E-state index contributed by atoms with van der Waals surface area (Å²) in [6.45, 7) is 1.11. The highest BCUT2D eigenvalue weighted by Crippen LogP contribution is 2.22. The van der Waals surface area contributed by atoms with Crippen molar-refractivity contribution in [3.63, 3.8) is 0 Å². The maximum absolute atomic E-state index is 12.0. The Hall–Kier alpha value is -2.93. The van der Waals surface area contributed by atoms with Crippen molar-refractivity contribution in [3.8, 4) is 5.75 Å². The fourth-order valence-electron chi connectivity index (χ4n) is 2.09. The molecule has 0 bridgehead atoms. The summed E-state index contributed by atoms with van der Waals surface area (Å²) < 4.78 is 5.56. The lowest BCUT2D eigenvalue weighted by molar-refractivity contribution is -0.383. The molecule has 0 aromatic heterocycles. The normalized spacial score (nSPS) is 10.4. The van der Waals surface area contributed by atoms with Gasteiger partial charge in [-0.05, 0) is 25.2 Å². The molecular weight excluding hydrogens is 310 g/mol. The predicted molar refractivity (Wildman–Crippen MR) is 91.2 cm³/mol. The number of ether oxygens (including phenoxy) is 1. The molecule has 1 N–H and O–H groups in total. The van der Waals surface area contributed by atoms with Gasteiger partial charge in [0.25, 0.3) is 5.69 Å². The van der Waals surface area contributed by atoms with Crippen LogP contribution in [0.3, 0.4) is 0 Å². The molecule has 0 saturated carbocycles. The minimum atomic E-state index is -0.521. The number of carbonyl (C=O) groups excluding carboxylic acids is 1. The fourth-order valence-corrected chi connectivity index (χ4v) is 2.09. The first kappa shape index (κ1) is 17.4. The molecule has 0 unspecified atom stereocenters. The van der Waals surface area contributed by atoms with Crippen molar-refractivity contribution in [1.29, 1.82) is 0 Å². The van der Waals surface area contributed by atoms with Gasteiger partial charge in [-0.2, -0.15) is 0 Å². The van der Waals surface area contributed by atoms with Crippen molar-refractivity contribution in [2.45, 2.75) is 0 Å². The fraction of sp³-hybridized carbons (Fsp3) is 0.235. The van der Waals surface area contributed by atoms with E-state index in [1.807, 2.05) is 30.3 Å². The highest BCUT2D eigenvalue weighted by atomic mass is 16.6. The number of nitro benzene ring substituents is 1. The van der Waals surface area contributed by atoms with Crippen LogP contribution >= 0.6 is 0 Å². The molecule has 0 saturated heterocycles. The summed E-state index contributed by atoms with van der Waals surface area (Å²) in [5.74, 6) is 0.460. The average molecular weight is 329 g/mol. The lowest BCUT2D eigenvalue weighted by Gasteiger charge is -2.16. The number of rotatable bonds is 8. The van der Waals surface area contributed by atoms with Crippen molar-refractivity contribution in [2.75, 3.05) is 32.1 Å². The Morgan fingerprint density at radius 1 is 1.17 bits per heavy atom. The molecule has 24 heavy (non-hydrogen) atoms. The first-order chi connectivity index (χ1) is 11.6. The van der Waals surface area contributed by atoms with Crippen LogP contribution in [-0.2, 0) is 4.79 Å². The van der Waals surface area contributed by atoms with E-state index >= 15 is 0 Å². The number of amides is 1. The smallest absolute Gasteiger partial charge is 0.292 e. The summed E-state index contributed by atoms with van der Waals surface area (Å²) in [4.78, 5) is 24.2. The number of likely N-dealkylation sites (N-methyl/N-ethyl adjacent to an activating group) is 1. The van der Waals surface area contributed by atoms with Gasteiger partial charge in [0, 0.05) is 12.6 Å². The number of hydrogen-bond donors (Lipinski definition) is 1. The number of para-hydroxylation sites is 3. The van der Waals surface area contributed by atoms with Gasteiger partial charge in [0.15, 0.2) is 0 Å². The topological polar surface area (TPSA) is 84.7 Å². The molecule has 0 fully saturated rings. The standard InChI is InChI=1S/C17H19N3O4/c1-19(11-12-24-14-7-3-2-4-8-14)13-17(21)18-15-9-5-6-10-16(15)20(22)23/h2-10H,11-13H2,1H3,(H,18,21). The second kappa shape index (κ2) is 8.64. The SMILES string of the molecule is CN(CCOc1ccccc1)CC(=O)Nc1ccccc1[N+](=O)[O-]. The summed E-state index contributed by atoms with van der Waals surface area (Å²) in [6, 6.07) is 15.5. The number of carbonyl (C=O) groups is 1. The summed E-state index contributed by atoms with van der Waals surface area (Å²) in [5.41, 5.74) is 0.0716. The average Bonchev–Trinajstić information content (AvgIpc) is 2.56. The maximum atomic E-state index is 12.0. The summed E-state index contributed by atoms with van der Waals surface area (Å²) in [6.07, 6.45) is 0. The van der Waals surface area contributed by atoms with E-state index in [1.165, 1.54) is 12.1 Å². The number of hydrogen-bond acceptors (Lipinski definition) is 5. The van der Waals surface area contributed by atoms with Gasteiger partial charge in [0.2, 0.25) is 5.91 Å². The number of nitrogens with zero attached hydrogens (tertiary/aromatic N) is 2. The molecule has 2 rings (SSSR count). The molecule has 0 aliphatic carbocycles. The maximum Gasteiger partial charge on any atom is 0.292 e. The quantitative estimate of drug-likeness (QED) is 0.594. The van der Waals surface area contributed by atoms with Gasteiger partial charge < -0.3 is 10.1 Å². The van der Waals surface area contributed by atoms with Crippen molar-refractivity contribution in [3.05, 3.63) is 64.7 Å². The third-order valence-electron chi connectivity index (χ3n) is 3.27. The molecule has 0 aliphatic rings. The van der Waals surface area contributed by atoms with Gasteiger partial charge in [-0.15, -0.1) is 0 Å². The minimum Gasteiger partial charge on any atom is -0.492 e. The number of benzene rings is 2. The highest BCUT2D eigenvalue weighted by molar-refractivity contribution is 5.94. The van der Waals surface area contributed by atoms with Crippen molar-refractivity contribution >= 4 is 17.3 Å². The van der Waals surface area contributed by atoms with E-state index in [9.17, 15) is 14.9 Å². The van der Waals surface area contributed by atoms with Gasteiger partial charge >= 0.3 is 0 Å². The van der Waals surface area contributed by atoms with Crippen LogP contribution in [0.1, 0.15) is 0 Å². The van der Waals surface area contributed by atoms with Crippen molar-refractivity contribution in [2.24, 2.45) is 0 Å². The van der Waals surface area contributed by atoms with Gasteiger partial charge in [-0.1, -0.05) is 30.3 Å². The first-order valence-electron chi connectivity index (χ1n) is 7.46. The van der Waals surface area contributed by atoms with E-state index in [0.717, 1.165) is 5.75 Å². The Kier molecular flexibility index (Phi) is 6.27. The van der Waals surface area contributed by atoms with Crippen LogP contribution in [0.4, 0.5) is 11.4 Å². The van der Waals surface area contributed by atoms with Gasteiger partial charge in [-0.25, -0.2) is 0 Å². The van der Waals surface area contributed by atoms with Gasteiger partial charge in [0.1, 0.15) is 18.0 Å². The van der Waals surface area contributed by atoms with E-state index in [0.29, 0.717) is 13.2 Å². The molecule has 7 heteroatoms. The van der Waals surface area contributed by atoms with Crippen LogP contribution in [0, 0.1) is 10.1 Å². The predicted octanol–water partition coefficient (Wildman–Crippen LogP) is 2.54. The third kappa shape index (κ3) is 5.36. The minimum absolute atomic E-state index is 0.115. The molecule has 2 aromatic rings. The second-order valence-electron chi connectivity index (χ2n) is 5.22. The summed E-state index contributed by atoms with van der Waals surface area (Å²) in [7, 11) is 1.79. The lowest BCUT2D eigenvalue weighted by Crippen LogP contribution is -2.33. The lowest BCUT2D eigenvalue weighted by atomic mass is 10.2. The van der Waals surface area contributed by atoms with Crippen LogP contribution in [0.25, 0.3) is 0 Å². The molecule has 0 atom stereocenters.